The summed E-state index contributed by atoms with van der Waals surface area (Å²) < 4.78 is 13.6. The predicted octanol–water partition coefficient (Wildman–Crippen LogP) is 3.54. The molecule has 0 radical (unpaired) electrons. The molecule has 0 saturated carbocycles. The second-order valence-corrected chi connectivity index (χ2v) is 5.51. The van der Waals surface area contributed by atoms with Crippen LogP contribution < -0.4 is 10.6 Å². The number of carbonyl (C=O) groups is 1. The van der Waals surface area contributed by atoms with Crippen LogP contribution in [0.25, 0.3) is 0 Å². The maximum atomic E-state index is 13.6. The fraction of sp³-hybridized carbons (Fsp3) is 0.100. The van der Waals surface area contributed by atoms with Crippen molar-refractivity contribution in [2.75, 3.05) is 11.9 Å². The molecule has 0 fully saturated rings. The van der Waals surface area contributed by atoms with E-state index in [1.54, 1.807) is 18.3 Å². The Labute approximate surface area is 145 Å². The molecular formula is C20H18FN3O. The molecule has 1 aromatic heterocycles. The van der Waals surface area contributed by atoms with Gasteiger partial charge in [-0.3, -0.25) is 15.1 Å². The average Bonchev–Trinajstić information content (AvgIpc) is 2.66. The lowest BCUT2D eigenvalue weighted by molar-refractivity contribution is -0.115. The summed E-state index contributed by atoms with van der Waals surface area (Å²) in [6, 6.07) is 21.3. The quantitative estimate of drug-likeness (QED) is 0.724. The van der Waals surface area contributed by atoms with Gasteiger partial charge in [0, 0.05) is 6.20 Å². The van der Waals surface area contributed by atoms with Gasteiger partial charge >= 0.3 is 0 Å². The van der Waals surface area contributed by atoms with Gasteiger partial charge in [-0.1, -0.05) is 48.5 Å². The van der Waals surface area contributed by atoms with E-state index in [9.17, 15) is 9.18 Å². The summed E-state index contributed by atoms with van der Waals surface area (Å²) in [6.45, 7) is 0.0322. The lowest BCUT2D eigenvalue weighted by Crippen LogP contribution is -2.32. The molecule has 2 N–H and O–H groups in total. The number of para-hydroxylation sites is 1. The highest BCUT2D eigenvalue weighted by Crippen LogP contribution is 2.19. The number of aromatic nitrogens is 1. The Hall–Kier alpha value is -3.05. The molecule has 4 nitrogen and oxygen atoms in total. The molecular weight excluding hydrogens is 317 g/mol. The largest absolute Gasteiger partial charge is 0.322 e. The predicted molar refractivity (Wildman–Crippen MR) is 95.6 cm³/mol. The SMILES string of the molecule is O=C(CNC(c1ccccc1)c1ccccn1)Nc1ccccc1F. The summed E-state index contributed by atoms with van der Waals surface area (Å²) >= 11 is 0. The minimum absolute atomic E-state index is 0.0322. The van der Waals surface area contributed by atoms with E-state index in [0.717, 1.165) is 11.3 Å². The van der Waals surface area contributed by atoms with Crippen LogP contribution in [0, 0.1) is 5.82 Å². The Morgan fingerprint density at radius 3 is 2.40 bits per heavy atom. The van der Waals surface area contributed by atoms with Gasteiger partial charge in [-0.15, -0.1) is 0 Å². The van der Waals surface area contributed by atoms with E-state index in [4.69, 9.17) is 0 Å². The first-order valence-electron chi connectivity index (χ1n) is 7.97. The van der Waals surface area contributed by atoms with Crippen LogP contribution in [-0.2, 0) is 4.79 Å². The van der Waals surface area contributed by atoms with Crippen LogP contribution in [-0.4, -0.2) is 17.4 Å². The fourth-order valence-electron chi connectivity index (χ4n) is 2.54. The van der Waals surface area contributed by atoms with Gasteiger partial charge in [0.25, 0.3) is 0 Å². The molecule has 126 valence electrons. The summed E-state index contributed by atoms with van der Waals surface area (Å²) in [7, 11) is 0. The van der Waals surface area contributed by atoms with Gasteiger partial charge in [-0.2, -0.15) is 0 Å². The highest BCUT2D eigenvalue weighted by atomic mass is 19.1. The second kappa shape index (κ2) is 8.17. The molecule has 0 saturated heterocycles. The number of halogens is 1. The lowest BCUT2D eigenvalue weighted by Gasteiger charge is -2.18. The van der Waals surface area contributed by atoms with Crippen LogP contribution in [0.3, 0.4) is 0 Å². The summed E-state index contributed by atoms with van der Waals surface area (Å²) in [6.07, 6.45) is 1.71. The number of pyridine rings is 1. The molecule has 0 aliphatic carbocycles. The Bertz CT molecular complexity index is 785. The van der Waals surface area contributed by atoms with Gasteiger partial charge in [0.2, 0.25) is 5.91 Å². The maximum absolute atomic E-state index is 13.6. The zero-order chi connectivity index (χ0) is 17.5. The third-order valence-electron chi connectivity index (χ3n) is 3.73. The molecule has 1 heterocycles. The summed E-state index contributed by atoms with van der Waals surface area (Å²) in [5, 5.41) is 5.77. The van der Waals surface area contributed by atoms with E-state index in [-0.39, 0.29) is 24.2 Å². The third-order valence-corrected chi connectivity index (χ3v) is 3.73. The molecule has 0 spiro atoms. The summed E-state index contributed by atoms with van der Waals surface area (Å²) in [5.41, 5.74) is 1.98. The Kier molecular flexibility index (Phi) is 5.49. The average molecular weight is 335 g/mol. The van der Waals surface area contributed by atoms with Crippen molar-refractivity contribution < 1.29 is 9.18 Å². The van der Waals surface area contributed by atoms with Gasteiger partial charge in [0.15, 0.2) is 0 Å². The van der Waals surface area contributed by atoms with Crippen LogP contribution in [0.4, 0.5) is 10.1 Å². The number of rotatable bonds is 6. The number of carbonyl (C=O) groups excluding carboxylic acids is 1. The van der Waals surface area contributed by atoms with Crippen molar-refractivity contribution in [2.45, 2.75) is 6.04 Å². The van der Waals surface area contributed by atoms with Crippen LogP contribution in [0.5, 0.6) is 0 Å². The van der Waals surface area contributed by atoms with Crippen LogP contribution in [0.15, 0.2) is 79.0 Å². The smallest absolute Gasteiger partial charge is 0.238 e. The highest BCUT2D eigenvalue weighted by molar-refractivity contribution is 5.92. The van der Waals surface area contributed by atoms with E-state index in [2.05, 4.69) is 15.6 Å². The van der Waals surface area contributed by atoms with E-state index < -0.39 is 5.82 Å². The molecule has 5 heteroatoms. The van der Waals surface area contributed by atoms with Crippen LogP contribution in [0.1, 0.15) is 17.3 Å². The number of hydrogen-bond donors (Lipinski definition) is 2. The standard InChI is InChI=1S/C20H18FN3O/c21-16-10-4-5-11-17(16)24-19(25)14-23-20(15-8-2-1-3-9-15)18-12-6-7-13-22-18/h1-13,20,23H,14H2,(H,24,25). The third kappa shape index (κ3) is 4.49. The fourth-order valence-corrected chi connectivity index (χ4v) is 2.54. The van der Waals surface area contributed by atoms with Crippen molar-refractivity contribution in [1.29, 1.82) is 0 Å². The van der Waals surface area contributed by atoms with Gasteiger partial charge in [0.1, 0.15) is 5.82 Å². The highest BCUT2D eigenvalue weighted by Gasteiger charge is 2.16. The van der Waals surface area contributed by atoms with Gasteiger partial charge in [-0.05, 0) is 29.8 Å². The van der Waals surface area contributed by atoms with Crippen molar-refractivity contribution in [3.05, 3.63) is 96.1 Å². The van der Waals surface area contributed by atoms with Crippen molar-refractivity contribution in [3.63, 3.8) is 0 Å². The van der Waals surface area contributed by atoms with Gasteiger partial charge < -0.3 is 5.32 Å². The Balaban J connectivity index is 1.71. The molecule has 3 rings (SSSR count). The first-order chi connectivity index (χ1) is 12.2. The number of nitrogens with one attached hydrogen (secondary N) is 2. The Morgan fingerprint density at radius 2 is 1.68 bits per heavy atom. The Morgan fingerprint density at radius 1 is 0.960 bits per heavy atom. The first kappa shape index (κ1) is 16.8. The molecule has 0 bridgehead atoms. The minimum Gasteiger partial charge on any atom is -0.322 e. The minimum atomic E-state index is -0.458. The maximum Gasteiger partial charge on any atom is 0.238 e. The zero-order valence-corrected chi connectivity index (χ0v) is 13.5. The molecule has 1 unspecified atom stereocenters. The molecule has 2 aromatic carbocycles. The van der Waals surface area contributed by atoms with Gasteiger partial charge in [0.05, 0.1) is 24.0 Å². The molecule has 1 amide bonds. The van der Waals surface area contributed by atoms with Crippen molar-refractivity contribution in [2.24, 2.45) is 0 Å². The van der Waals surface area contributed by atoms with E-state index >= 15 is 0 Å². The molecule has 25 heavy (non-hydrogen) atoms. The second-order valence-electron chi connectivity index (χ2n) is 5.51. The summed E-state index contributed by atoms with van der Waals surface area (Å²) in [5.74, 6) is -0.776. The van der Waals surface area contributed by atoms with E-state index in [1.807, 2.05) is 48.5 Å². The number of nitrogens with zero attached hydrogens (tertiary/aromatic N) is 1. The van der Waals surface area contributed by atoms with Crippen molar-refractivity contribution in [3.8, 4) is 0 Å². The molecule has 0 aliphatic rings. The molecule has 1 atom stereocenters. The monoisotopic (exact) mass is 335 g/mol. The normalized spacial score (nSPS) is 11.7. The number of hydrogen-bond acceptors (Lipinski definition) is 3. The zero-order valence-electron chi connectivity index (χ0n) is 13.5. The molecule has 3 aromatic rings. The number of benzene rings is 2. The topological polar surface area (TPSA) is 54.0 Å². The van der Waals surface area contributed by atoms with E-state index in [0.29, 0.717) is 0 Å². The van der Waals surface area contributed by atoms with Crippen molar-refractivity contribution in [1.82, 2.24) is 10.3 Å². The lowest BCUT2D eigenvalue weighted by atomic mass is 10.0. The molecule has 0 aliphatic heterocycles. The van der Waals surface area contributed by atoms with E-state index in [1.165, 1.54) is 12.1 Å². The number of amides is 1. The first-order valence-corrected chi connectivity index (χ1v) is 7.97. The summed E-state index contributed by atoms with van der Waals surface area (Å²) in [4.78, 5) is 16.5. The van der Waals surface area contributed by atoms with Crippen LogP contribution >= 0.6 is 0 Å². The number of anilines is 1. The van der Waals surface area contributed by atoms with Crippen molar-refractivity contribution >= 4 is 11.6 Å². The van der Waals surface area contributed by atoms with Crippen LogP contribution in [0.2, 0.25) is 0 Å². The van der Waals surface area contributed by atoms with Gasteiger partial charge in [-0.25, -0.2) is 4.39 Å².